The summed E-state index contributed by atoms with van der Waals surface area (Å²) in [6.45, 7) is 13.8. The average Bonchev–Trinajstić information content (AvgIpc) is 3.66. The number of fused-ring (bicyclic) bond motifs is 3. The SMILES string of the molecule is CCN(CC)c1ccc2c(-c3ccc(S(=O)(=O)NCCCCCC(=O)NCCCCNC(=O)Cc4c(C)n(C(=O)c5ccc(Cl)cc5)c5ccc(OC)cc45)cc3S(=O)(=O)[O-])c3ccc(=[N+](CC)CC)cc-3oc2c1. The number of nitrogens with zero attached hydrogens (tertiary/aromatic N) is 3. The summed E-state index contributed by atoms with van der Waals surface area (Å²) < 4.78 is 84.5. The fourth-order valence-electron chi connectivity index (χ4n) is 9.50. The van der Waals surface area contributed by atoms with Gasteiger partial charge >= 0.3 is 0 Å². The largest absolute Gasteiger partial charge is 0.744 e. The monoisotopic (exact) mass is 1080 g/mol. The van der Waals surface area contributed by atoms with Crippen molar-refractivity contribution in [2.75, 3.05) is 57.8 Å². The Labute approximate surface area is 443 Å². The smallest absolute Gasteiger partial charge is 0.262 e. The molecule has 7 rings (SSSR count). The predicted octanol–water partition coefficient (Wildman–Crippen LogP) is 8.47. The zero-order valence-corrected chi connectivity index (χ0v) is 45.6. The number of rotatable bonds is 24. The molecule has 5 aromatic rings. The highest BCUT2D eigenvalue weighted by Gasteiger charge is 2.26. The number of hydrogen-bond donors (Lipinski definition) is 3. The van der Waals surface area contributed by atoms with Gasteiger partial charge in [0, 0.05) is 101 Å². The van der Waals surface area contributed by atoms with Gasteiger partial charge in [-0.1, -0.05) is 24.1 Å². The Morgan fingerprint density at radius 2 is 1.43 bits per heavy atom. The lowest BCUT2D eigenvalue weighted by Gasteiger charge is -2.23. The van der Waals surface area contributed by atoms with Crippen molar-refractivity contribution in [1.82, 2.24) is 24.5 Å². The molecule has 2 heterocycles. The zero-order valence-electron chi connectivity index (χ0n) is 43.3. The van der Waals surface area contributed by atoms with Gasteiger partial charge in [0.05, 0.1) is 34.9 Å². The molecule has 0 saturated heterocycles. The van der Waals surface area contributed by atoms with Gasteiger partial charge in [0.25, 0.3) is 5.91 Å². The second-order valence-corrected chi connectivity index (χ2v) is 21.7. The molecule has 75 heavy (non-hydrogen) atoms. The van der Waals surface area contributed by atoms with Gasteiger partial charge in [-0.2, -0.15) is 0 Å². The quantitative estimate of drug-likeness (QED) is 0.0226. The van der Waals surface area contributed by atoms with Crippen molar-refractivity contribution in [3.63, 3.8) is 0 Å². The lowest BCUT2D eigenvalue weighted by atomic mass is 9.93. The van der Waals surface area contributed by atoms with E-state index in [4.69, 9.17) is 20.8 Å². The van der Waals surface area contributed by atoms with Gasteiger partial charge in [-0.3, -0.25) is 19.0 Å². The molecule has 1 aromatic heterocycles. The minimum Gasteiger partial charge on any atom is -0.744 e. The number of benzene rings is 5. The molecule has 398 valence electrons. The van der Waals surface area contributed by atoms with Crippen molar-refractivity contribution >= 4 is 77.0 Å². The molecule has 4 aromatic carbocycles. The van der Waals surface area contributed by atoms with Crippen molar-refractivity contribution in [2.45, 2.75) is 89.4 Å². The summed E-state index contributed by atoms with van der Waals surface area (Å²) in [5.41, 5.74) is 4.89. The fraction of sp³-hybridized carbons (Fsp3) is 0.357. The first-order valence-corrected chi connectivity index (χ1v) is 28.6. The van der Waals surface area contributed by atoms with Crippen LogP contribution in [-0.2, 0) is 36.2 Å². The molecular weight excluding hydrogens is 1020 g/mol. The van der Waals surface area contributed by atoms with Crippen molar-refractivity contribution in [3.05, 3.63) is 124 Å². The second kappa shape index (κ2) is 24.8. The van der Waals surface area contributed by atoms with Crippen molar-refractivity contribution < 1.29 is 44.9 Å². The number of methoxy groups -OCH3 is 1. The van der Waals surface area contributed by atoms with E-state index in [1.54, 1.807) is 48.1 Å². The van der Waals surface area contributed by atoms with E-state index in [0.29, 0.717) is 106 Å². The van der Waals surface area contributed by atoms with E-state index in [1.165, 1.54) is 12.1 Å². The molecule has 1 aliphatic carbocycles. The first-order chi connectivity index (χ1) is 35.9. The molecule has 19 heteroatoms. The number of sulfonamides is 1. The normalized spacial score (nSPS) is 11.8. The third-order valence-corrected chi connectivity index (χ3v) is 16.1. The maximum atomic E-state index is 13.6. The minimum atomic E-state index is -5.21. The number of unbranched alkanes of at least 4 members (excludes halogenated alkanes) is 3. The van der Waals surface area contributed by atoms with Crippen LogP contribution in [0.15, 0.2) is 111 Å². The van der Waals surface area contributed by atoms with E-state index in [2.05, 4.69) is 24.8 Å². The van der Waals surface area contributed by atoms with E-state index < -0.39 is 25.0 Å². The molecule has 0 atom stereocenters. The van der Waals surface area contributed by atoms with Crippen LogP contribution < -0.4 is 34.9 Å². The Morgan fingerprint density at radius 1 is 0.747 bits per heavy atom. The van der Waals surface area contributed by atoms with Crippen LogP contribution in [0.25, 0.3) is 44.3 Å². The number of hydrogen-bond acceptors (Lipinski definition) is 11. The topological polar surface area (TPSA) is 212 Å². The van der Waals surface area contributed by atoms with E-state index in [1.807, 2.05) is 77.1 Å². The number of nitrogens with one attached hydrogen (secondary N) is 3. The Bertz CT molecular complexity index is 3490. The third-order valence-electron chi connectivity index (χ3n) is 13.5. The molecule has 0 bridgehead atoms. The van der Waals surface area contributed by atoms with Crippen LogP contribution in [0.3, 0.4) is 0 Å². The van der Waals surface area contributed by atoms with Crippen molar-refractivity contribution in [1.29, 1.82) is 0 Å². The standard InChI is InChI=1S/C56H65ClN6O10S2/c1-7-61(8-2)40-21-25-44-50(32-40)73-51-33-41(62(9-3)10-4)22-26-45(51)55(44)46-27-24-43(35-52(46)75(69,70)71)74(67,68)60-31-13-11-12-16-53(64)58-29-14-15-30-59-54(65)36-47-37(5)63(49-28-23-42(72-6)34-48(47)49)56(66)38-17-19-39(57)20-18-38/h17-28,32-35,60H,7-16,29-31,36H2,1-6H3,(H2-,58,59,64,65,69,70,71). The van der Waals surface area contributed by atoms with Gasteiger partial charge in [-0.05, 0) is 139 Å². The number of halogens is 1. The van der Waals surface area contributed by atoms with Gasteiger partial charge in [0.1, 0.15) is 40.3 Å². The van der Waals surface area contributed by atoms with E-state index in [0.717, 1.165) is 48.7 Å². The van der Waals surface area contributed by atoms with Gasteiger partial charge in [0.2, 0.25) is 27.2 Å². The summed E-state index contributed by atoms with van der Waals surface area (Å²) in [5, 5.41) is 8.56. The lowest BCUT2D eigenvalue weighted by Crippen LogP contribution is -2.29. The van der Waals surface area contributed by atoms with Crippen LogP contribution in [0.4, 0.5) is 5.69 Å². The number of ether oxygens (including phenoxy) is 1. The molecule has 0 radical (unpaired) electrons. The number of carbonyl (C=O) groups excluding carboxylic acids is 3. The van der Waals surface area contributed by atoms with Crippen LogP contribution in [0.1, 0.15) is 87.8 Å². The molecule has 16 nitrogen and oxygen atoms in total. The highest BCUT2D eigenvalue weighted by atomic mass is 35.5. The Balaban J connectivity index is 0.903. The molecular formula is C56H65ClN6O10S2. The summed E-state index contributed by atoms with van der Waals surface area (Å²) in [5.74, 6) is 0.471. The molecule has 2 amide bonds. The van der Waals surface area contributed by atoms with Crippen molar-refractivity contribution in [3.8, 4) is 28.2 Å². The molecule has 0 unspecified atom stereocenters. The lowest BCUT2D eigenvalue weighted by molar-refractivity contribution is -0.121. The predicted molar refractivity (Wildman–Crippen MR) is 293 cm³/mol. The summed E-state index contributed by atoms with van der Waals surface area (Å²) in [6, 6.07) is 26.9. The van der Waals surface area contributed by atoms with Gasteiger partial charge in [0.15, 0.2) is 0 Å². The zero-order chi connectivity index (χ0) is 54.0. The van der Waals surface area contributed by atoms with E-state index in [-0.39, 0.29) is 47.6 Å². The van der Waals surface area contributed by atoms with Crippen LogP contribution in [0.5, 0.6) is 5.75 Å². The number of aromatic nitrogens is 1. The summed E-state index contributed by atoms with van der Waals surface area (Å²) in [6.07, 6.45) is 2.96. The molecule has 0 fully saturated rings. The number of amides is 2. The molecule has 3 N–H and O–H groups in total. The Kier molecular flexibility index (Phi) is 18.6. The molecule has 0 spiro atoms. The second-order valence-electron chi connectivity index (χ2n) is 18.2. The van der Waals surface area contributed by atoms with Crippen molar-refractivity contribution in [2.24, 2.45) is 0 Å². The third kappa shape index (κ3) is 13.1. The van der Waals surface area contributed by atoms with Crippen LogP contribution in [0.2, 0.25) is 5.02 Å². The van der Waals surface area contributed by atoms with Gasteiger partial charge in [-0.15, -0.1) is 0 Å². The highest BCUT2D eigenvalue weighted by Crippen LogP contribution is 2.43. The maximum absolute atomic E-state index is 13.6. The average molecular weight is 1080 g/mol. The first kappa shape index (κ1) is 56.2. The van der Waals surface area contributed by atoms with E-state index >= 15 is 0 Å². The summed E-state index contributed by atoms with van der Waals surface area (Å²) in [7, 11) is -7.90. The van der Waals surface area contributed by atoms with Crippen LogP contribution in [0, 0.1) is 6.92 Å². The Morgan fingerprint density at radius 3 is 2.09 bits per heavy atom. The summed E-state index contributed by atoms with van der Waals surface area (Å²) in [4.78, 5) is 40.5. The Hall–Kier alpha value is -6.57. The first-order valence-electron chi connectivity index (χ1n) is 25.4. The van der Waals surface area contributed by atoms with Crippen LogP contribution >= 0.6 is 11.6 Å². The molecule has 0 saturated carbocycles. The van der Waals surface area contributed by atoms with E-state index in [9.17, 15) is 35.8 Å². The molecule has 2 aliphatic rings. The highest BCUT2D eigenvalue weighted by molar-refractivity contribution is 7.89. The van der Waals surface area contributed by atoms with Gasteiger partial charge < -0.3 is 29.2 Å². The maximum Gasteiger partial charge on any atom is 0.262 e. The van der Waals surface area contributed by atoms with Gasteiger partial charge in [-0.25, -0.2) is 26.1 Å². The minimum absolute atomic E-state index is 0.0213. The van der Waals surface area contributed by atoms with Crippen LogP contribution in [-0.4, -0.2) is 96.6 Å². The molecule has 1 aliphatic heterocycles. The number of anilines is 1. The number of carbonyl (C=O) groups is 3. The summed E-state index contributed by atoms with van der Waals surface area (Å²) >= 11 is 6.05. The fourth-order valence-corrected chi connectivity index (χ4v) is 11.5.